The summed E-state index contributed by atoms with van der Waals surface area (Å²) in [6.45, 7) is 0.802. The Morgan fingerprint density at radius 3 is 1.74 bits per heavy atom. The average Bonchev–Trinajstić information content (AvgIpc) is 2.88. The van der Waals surface area contributed by atoms with E-state index in [9.17, 15) is 30.7 Å². The second kappa shape index (κ2) is 15.8. The molecule has 3 aromatic carbocycles. The monoisotopic (exact) mass is 565 g/mol. The maximum absolute atomic E-state index is 12.6. The fraction of sp³-hybridized carbons (Fsp3) is 0.308. The van der Waals surface area contributed by atoms with Crippen LogP contribution in [-0.2, 0) is 25.7 Å². The summed E-state index contributed by atoms with van der Waals surface area (Å²) in [7, 11) is 3.30. The van der Waals surface area contributed by atoms with Gasteiger partial charge in [-0.15, -0.1) is 13.2 Å². The molecule has 0 atom stereocenters. The Morgan fingerprint density at radius 1 is 0.692 bits per heavy atom. The maximum Gasteiger partial charge on any atom is 0.573 e. The van der Waals surface area contributed by atoms with Gasteiger partial charge in [0.2, 0.25) is 0 Å². The molecule has 0 unspecified atom stereocenters. The van der Waals surface area contributed by atoms with Crippen molar-refractivity contribution in [2.75, 3.05) is 20.8 Å². The van der Waals surface area contributed by atoms with Crippen LogP contribution in [0.1, 0.15) is 22.3 Å². The minimum Gasteiger partial charge on any atom is -0.497 e. The Labute approximate surface area is 221 Å². The van der Waals surface area contributed by atoms with Crippen LogP contribution in [0.3, 0.4) is 0 Å². The molecule has 6 N–H and O–H groups in total. The summed E-state index contributed by atoms with van der Waals surface area (Å²) in [4.78, 5) is 0. The second-order valence-electron chi connectivity index (χ2n) is 7.66. The van der Waals surface area contributed by atoms with E-state index in [4.69, 9.17) is 26.7 Å². The molecular weight excluding hydrogens is 535 g/mol. The Hall–Kier alpha value is -3.55. The van der Waals surface area contributed by atoms with Crippen molar-refractivity contribution in [3.05, 3.63) is 88.7 Å². The van der Waals surface area contributed by atoms with Crippen LogP contribution in [0.4, 0.5) is 30.7 Å². The first-order chi connectivity index (χ1) is 18.3. The summed E-state index contributed by atoms with van der Waals surface area (Å²) < 4.78 is 97.8. The van der Waals surface area contributed by atoms with E-state index in [1.165, 1.54) is 24.3 Å². The van der Waals surface area contributed by atoms with Crippen LogP contribution < -0.4 is 31.4 Å². The zero-order chi connectivity index (χ0) is 29.6. The van der Waals surface area contributed by atoms with Crippen molar-refractivity contribution < 1.29 is 44.9 Å². The van der Waals surface area contributed by atoms with Gasteiger partial charge in [0.15, 0.2) is 0 Å². The number of hydrogen-bond acceptors (Lipinski definition) is 6. The SMILES string of the molecule is COc1ccc(OC)c(CCN)c1.NCc1cc(F)cc(C(F)(F)F)c1.NCc1ccc(OC(F)(F)F)cc1. The molecule has 0 aliphatic heterocycles. The first-order valence-electron chi connectivity index (χ1n) is 11.3. The Morgan fingerprint density at radius 2 is 1.28 bits per heavy atom. The molecule has 0 spiro atoms. The molecule has 0 radical (unpaired) electrons. The van der Waals surface area contributed by atoms with Gasteiger partial charge < -0.3 is 31.4 Å². The molecule has 0 saturated carbocycles. The van der Waals surface area contributed by atoms with Crippen molar-refractivity contribution in [3.8, 4) is 17.2 Å². The van der Waals surface area contributed by atoms with Crippen LogP contribution in [0.2, 0.25) is 0 Å². The van der Waals surface area contributed by atoms with E-state index in [0.29, 0.717) is 19.2 Å². The molecule has 0 aromatic heterocycles. The molecule has 0 bridgehead atoms. The summed E-state index contributed by atoms with van der Waals surface area (Å²) in [6.07, 6.45) is -8.35. The molecule has 0 aliphatic carbocycles. The van der Waals surface area contributed by atoms with Gasteiger partial charge in [-0.1, -0.05) is 12.1 Å². The van der Waals surface area contributed by atoms with Crippen molar-refractivity contribution in [2.45, 2.75) is 32.0 Å². The number of methoxy groups -OCH3 is 2. The third-order valence-electron chi connectivity index (χ3n) is 4.81. The molecule has 0 amide bonds. The standard InChI is InChI=1S/C10H15NO2.C8H7F4N.C8H8F3NO/c1-12-9-3-4-10(13-2)8(7-9)5-6-11;9-7-2-5(4-13)1-6(3-7)8(10,11)12;9-8(10,11)13-7-3-1-6(5-12)2-4-7/h3-4,7H,5-6,11H2,1-2H3;1-3H,4,13H2;1-4H,5,12H2. The summed E-state index contributed by atoms with van der Waals surface area (Å²) in [6, 6.07) is 13.4. The van der Waals surface area contributed by atoms with Crippen LogP contribution in [0.5, 0.6) is 17.2 Å². The van der Waals surface area contributed by atoms with Gasteiger partial charge in [-0.2, -0.15) is 13.2 Å². The van der Waals surface area contributed by atoms with E-state index in [2.05, 4.69) is 4.74 Å². The van der Waals surface area contributed by atoms with Crippen molar-refractivity contribution in [3.63, 3.8) is 0 Å². The summed E-state index contributed by atoms with van der Waals surface area (Å²) in [5.41, 5.74) is 16.8. The summed E-state index contributed by atoms with van der Waals surface area (Å²) in [5, 5.41) is 0. The van der Waals surface area contributed by atoms with E-state index in [1.54, 1.807) is 14.2 Å². The highest BCUT2D eigenvalue weighted by Crippen LogP contribution is 2.30. The molecule has 39 heavy (non-hydrogen) atoms. The fourth-order valence-corrected chi connectivity index (χ4v) is 2.99. The Balaban J connectivity index is 0.000000292. The molecule has 0 aliphatic rings. The number of halogens is 7. The van der Waals surface area contributed by atoms with E-state index >= 15 is 0 Å². The number of hydrogen-bond donors (Lipinski definition) is 3. The van der Waals surface area contributed by atoms with Gasteiger partial charge in [0.05, 0.1) is 19.8 Å². The molecular formula is C26H30F7N3O3. The summed E-state index contributed by atoms with van der Waals surface area (Å²) in [5.74, 6) is 0.551. The van der Waals surface area contributed by atoms with Gasteiger partial charge in [0.1, 0.15) is 23.1 Å². The predicted molar refractivity (Wildman–Crippen MR) is 133 cm³/mol. The normalized spacial score (nSPS) is 11.0. The zero-order valence-electron chi connectivity index (χ0n) is 21.2. The lowest BCUT2D eigenvalue weighted by Gasteiger charge is -2.08. The lowest BCUT2D eigenvalue weighted by Crippen LogP contribution is -2.17. The van der Waals surface area contributed by atoms with E-state index < -0.39 is 23.9 Å². The van der Waals surface area contributed by atoms with Gasteiger partial charge in [-0.3, -0.25) is 0 Å². The first-order valence-corrected chi connectivity index (χ1v) is 11.3. The first kappa shape index (κ1) is 33.5. The minimum atomic E-state index is -4.63. The highest BCUT2D eigenvalue weighted by Gasteiger charge is 2.31. The number of rotatable bonds is 7. The second-order valence-corrected chi connectivity index (χ2v) is 7.66. The highest BCUT2D eigenvalue weighted by atomic mass is 19.4. The quantitative estimate of drug-likeness (QED) is 0.325. The highest BCUT2D eigenvalue weighted by molar-refractivity contribution is 5.40. The van der Waals surface area contributed by atoms with Crippen LogP contribution >= 0.6 is 0 Å². The van der Waals surface area contributed by atoms with Gasteiger partial charge in [-0.25, -0.2) is 4.39 Å². The van der Waals surface area contributed by atoms with Crippen LogP contribution in [0.15, 0.2) is 60.7 Å². The van der Waals surface area contributed by atoms with E-state index in [0.717, 1.165) is 41.2 Å². The summed E-state index contributed by atoms with van der Waals surface area (Å²) >= 11 is 0. The fourth-order valence-electron chi connectivity index (χ4n) is 2.99. The van der Waals surface area contributed by atoms with Crippen molar-refractivity contribution >= 4 is 0 Å². The number of benzene rings is 3. The number of alkyl halides is 6. The van der Waals surface area contributed by atoms with Gasteiger partial charge in [0.25, 0.3) is 0 Å². The maximum atomic E-state index is 12.6. The molecule has 6 nitrogen and oxygen atoms in total. The molecule has 3 aromatic rings. The molecule has 0 saturated heterocycles. The smallest absolute Gasteiger partial charge is 0.497 e. The van der Waals surface area contributed by atoms with Crippen LogP contribution in [-0.4, -0.2) is 27.1 Å². The molecule has 13 heteroatoms. The predicted octanol–water partition coefficient (Wildman–Crippen LogP) is 5.55. The number of ether oxygens (including phenoxy) is 3. The van der Waals surface area contributed by atoms with Gasteiger partial charge in [0, 0.05) is 13.1 Å². The van der Waals surface area contributed by atoms with E-state index in [-0.39, 0.29) is 17.9 Å². The van der Waals surface area contributed by atoms with Crippen LogP contribution in [0.25, 0.3) is 0 Å². The van der Waals surface area contributed by atoms with Gasteiger partial charge >= 0.3 is 12.5 Å². The van der Waals surface area contributed by atoms with Gasteiger partial charge in [-0.05, 0) is 78.2 Å². The molecule has 0 fully saturated rings. The zero-order valence-corrected chi connectivity index (χ0v) is 21.2. The Kier molecular flexibility index (Phi) is 13.5. The lowest BCUT2D eigenvalue weighted by atomic mass is 10.1. The average molecular weight is 566 g/mol. The Bertz CT molecular complexity index is 1140. The van der Waals surface area contributed by atoms with E-state index in [1.807, 2.05) is 18.2 Å². The topological polar surface area (TPSA) is 106 Å². The van der Waals surface area contributed by atoms with Crippen molar-refractivity contribution in [1.29, 1.82) is 0 Å². The van der Waals surface area contributed by atoms with Crippen molar-refractivity contribution in [1.82, 2.24) is 0 Å². The molecule has 0 heterocycles. The largest absolute Gasteiger partial charge is 0.573 e. The third-order valence-corrected chi connectivity index (χ3v) is 4.81. The molecule has 3 rings (SSSR count). The number of nitrogens with two attached hydrogens (primary N) is 3. The molecule has 216 valence electrons. The minimum absolute atomic E-state index is 0.110. The van der Waals surface area contributed by atoms with Crippen molar-refractivity contribution in [2.24, 2.45) is 17.2 Å². The third kappa shape index (κ3) is 12.7. The van der Waals surface area contributed by atoms with Crippen LogP contribution in [0, 0.1) is 5.82 Å². The lowest BCUT2D eigenvalue weighted by molar-refractivity contribution is -0.274.